The van der Waals surface area contributed by atoms with Gasteiger partial charge in [-0.25, -0.2) is 4.98 Å². The van der Waals surface area contributed by atoms with E-state index in [1.807, 2.05) is 59.3 Å². The summed E-state index contributed by atoms with van der Waals surface area (Å²) in [7, 11) is 0. The minimum atomic E-state index is -0.350. The third-order valence-electron chi connectivity index (χ3n) is 4.72. The molecule has 0 aliphatic rings. The van der Waals surface area contributed by atoms with Crippen LogP contribution >= 0.6 is 11.3 Å². The molecule has 4 rings (SSSR count). The van der Waals surface area contributed by atoms with E-state index in [0.29, 0.717) is 23.9 Å². The lowest BCUT2D eigenvalue weighted by molar-refractivity contribution is -0.141. The molecule has 0 radical (unpaired) electrons. The number of fused-ring (bicyclic) bond motifs is 1. The number of thiophene rings is 1. The topological polar surface area (TPSA) is 81.9 Å². The Morgan fingerprint density at radius 1 is 1.12 bits per heavy atom. The van der Waals surface area contributed by atoms with E-state index >= 15 is 0 Å². The van der Waals surface area contributed by atoms with Gasteiger partial charge in [-0.3, -0.25) is 14.0 Å². The molecular weight excluding hydrogens is 426 g/mol. The summed E-state index contributed by atoms with van der Waals surface area (Å²) in [5.41, 5.74) is 3.23. The lowest BCUT2D eigenvalue weighted by Crippen LogP contribution is -2.17. The average Bonchev–Trinajstić information content (AvgIpc) is 3.39. The van der Waals surface area contributed by atoms with Gasteiger partial charge in [0.15, 0.2) is 0 Å². The fraction of sp³-hybridized carbons (Fsp3) is 0.208. The van der Waals surface area contributed by atoms with Crippen molar-refractivity contribution in [3.8, 4) is 17.0 Å². The molecule has 8 heteroatoms. The fourth-order valence-electron chi connectivity index (χ4n) is 3.31. The third kappa shape index (κ3) is 4.97. The maximum atomic E-state index is 12.3. The van der Waals surface area contributed by atoms with E-state index < -0.39 is 0 Å². The van der Waals surface area contributed by atoms with Gasteiger partial charge < -0.3 is 14.8 Å². The summed E-state index contributed by atoms with van der Waals surface area (Å²) >= 11 is 1.52. The van der Waals surface area contributed by atoms with Crippen molar-refractivity contribution in [2.45, 2.75) is 20.3 Å². The van der Waals surface area contributed by atoms with Gasteiger partial charge in [0.05, 0.1) is 13.0 Å². The minimum absolute atomic E-state index is 0.0119. The van der Waals surface area contributed by atoms with E-state index in [1.165, 1.54) is 11.3 Å². The molecule has 32 heavy (non-hydrogen) atoms. The van der Waals surface area contributed by atoms with Gasteiger partial charge in [0.25, 0.3) is 0 Å². The number of imidazole rings is 1. The number of nitrogens with one attached hydrogen (secondary N) is 1. The molecule has 0 aliphatic carbocycles. The summed E-state index contributed by atoms with van der Waals surface area (Å²) < 4.78 is 12.5. The molecule has 0 saturated heterocycles. The molecule has 0 saturated carbocycles. The Hall–Kier alpha value is -3.65. The van der Waals surface area contributed by atoms with Gasteiger partial charge in [0.2, 0.25) is 0 Å². The van der Waals surface area contributed by atoms with Crippen molar-refractivity contribution in [1.29, 1.82) is 0 Å². The largest absolute Gasteiger partial charge is 0.465 e. The summed E-state index contributed by atoms with van der Waals surface area (Å²) in [6, 6.07) is 15.0. The predicted octanol–water partition coefficient (Wildman–Crippen LogP) is 4.49. The predicted molar refractivity (Wildman–Crippen MR) is 124 cm³/mol. The first-order valence-corrected chi connectivity index (χ1v) is 11.1. The molecule has 0 amide bonds. The third-order valence-corrected chi connectivity index (χ3v) is 5.60. The van der Waals surface area contributed by atoms with Crippen LogP contribution in [0.1, 0.15) is 17.4 Å². The van der Waals surface area contributed by atoms with Gasteiger partial charge in [0, 0.05) is 16.6 Å². The Morgan fingerprint density at radius 2 is 2.00 bits per heavy atom. The van der Waals surface area contributed by atoms with Crippen molar-refractivity contribution >= 4 is 34.7 Å². The number of hydrogen-bond donors (Lipinski definition) is 1. The van der Waals surface area contributed by atoms with Crippen molar-refractivity contribution in [2.24, 2.45) is 0 Å². The zero-order valence-corrected chi connectivity index (χ0v) is 18.6. The van der Waals surface area contributed by atoms with Crippen LogP contribution in [0.25, 0.3) is 16.9 Å². The van der Waals surface area contributed by atoms with Crippen molar-refractivity contribution in [2.75, 3.05) is 18.5 Å². The Kier molecular flexibility index (Phi) is 6.51. The molecule has 0 atom stereocenters. The van der Waals surface area contributed by atoms with Crippen LogP contribution in [0.15, 0.2) is 60.1 Å². The summed E-state index contributed by atoms with van der Waals surface area (Å²) in [4.78, 5) is 29.9. The highest BCUT2D eigenvalue weighted by molar-refractivity contribution is 7.10. The number of aromatic nitrogens is 2. The molecular formula is C24H23N3O4S. The lowest BCUT2D eigenvalue weighted by Gasteiger charge is -2.10. The number of anilines is 1. The van der Waals surface area contributed by atoms with Crippen LogP contribution in [0.2, 0.25) is 0 Å². The number of ether oxygens (including phenoxy) is 2. The first-order valence-electron chi connectivity index (χ1n) is 10.2. The van der Waals surface area contributed by atoms with Gasteiger partial charge in [-0.1, -0.05) is 18.2 Å². The van der Waals surface area contributed by atoms with Crippen LogP contribution < -0.4 is 10.1 Å². The summed E-state index contributed by atoms with van der Waals surface area (Å²) in [6.07, 6.45) is 2.13. The van der Waals surface area contributed by atoms with Gasteiger partial charge >= 0.3 is 11.9 Å². The monoisotopic (exact) mass is 449 g/mol. The molecule has 164 valence electrons. The second-order valence-corrected chi connectivity index (χ2v) is 8.19. The molecule has 0 unspecified atom stereocenters. The number of benzene rings is 1. The molecule has 3 aromatic heterocycles. The highest BCUT2D eigenvalue weighted by atomic mass is 32.1. The number of rotatable bonds is 8. The van der Waals surface area contributed by atoms with Gasteiger partial charge in [-0.2, -0.15) is 0 Å². The Bertz CT molecular complexity index is 1250. The average molecular weight is 450 g/mol. The molecule has 0 bridgehead atoms. The second kappa shape index (κ2) is 9.65. The quantitative estimate of drug-likeness (QED) is 0.315. The number of carbonyl (C=O) groups excluding carboxylic acids is 2. The van der Waals surface area contributed by atoms with E-state index in [4.69, 9.17) is 14.5 Å². The van der Waals surface area contributed by atoms with Crippen molar-refractivity contribution < 1.29 is 19.1 Å². The number of carbonyl (C=O) groups is 2. The zero-order valence-electron chi connectivity index (χ0n) is 17.8. The maximum absolute atomic E-state index is 12.3. The normalized spacial score (nSPS) is 10.8. The Balaban J connectivity index is 1.63. The molecule has 0 fully saturated rings. The van der Waals surface area contributed by atoms with Gasteiger partial charge in [-0.05, 0) is 55.1 Å². The van der Waals surface area contributed by atoms with E-state index in [-0.39, 0.29) is 24.9 Å². The Labute approximate surface area is 189 Å². The highest BCUT2D eigenvalue weighted by Crippen LogP contribution is 2.31. The first-order chi connectivity index (χ1) is 15.5. The zero-order chi connectivity index (χ0) is 22.5. The minimum Gasteiger partial charge on any atom is -0.465 e. The van der Waals surface area contributed by atoms with Crippen LogP contribution in [0.4, 0.5) is 5.82 Å². The van der Waals surface area contributed by atoms with Crippen molar-refractivity contribution in [3.63, 3.8) is 0 Å². The number of hydrogen-bond acceptors (Lipinski definition) is 7. The number of pyridine rings is 1. The number of esters is 2. The van der Waals surface area contributed by atoms with Crippen LogP contribution in [0.5, 0.6) is 5.75 Å². The number of aryl methyl sites for hydroxylation is 1. The van der Waals surface area contributed by atoms with Gasteiger partial charge in [0.1, 0.15) is 29.5 Å². The molecule has 1 N–H and O–H groups in total. The second-order valence-electron chi connectivity index (χ2n) is 7.16. The lowest BCUT2D eigenvalue weighted by atomic mass is 10.1. The van der Waals surface area contributed by atoms with Crippen LogP contribution in [0, 0.1) is 6.92 Å². The van der Waals surface area contributed by atoms with E-state index in [9.17, 15) is 9.59 Å². The molecule has 4 aromatic rings. The summed E-state index contributed by atoms with van der Waals surface area (Å²) in [5, 5.41) is 5.08. The van der Waals surface area contributed by atoms with Crippen molar-refractivity contribution in [1.82, 2.24) is 9.38 Å². The Morgan fingerprint density at radius 3 is 2.78 bits per heavy atom. The van der Waals surface area contributed by atoms with E-state index in [2.05, 4.69) is 5.32 Å². The molecule has 1 aromatic carbocycles. The standard InChI is InChI=1S/C24H23N3O4S/c1-3-30-22(29)15-25-24-23(26-20-12-16(2)9-10-27(20)24)17-6-4-7-18(13-17)31-21(28)14-19-8-5-11-32-19/h4-13,25H,3,14-15H2,1-2H3. The van der Waals surface area contributed by atoms with Crippen LogP contribution in [-0.2, 0) is 20.7 Å². The van der Waals surface area contributed by atoms with Crippen molar-refractivity contribution in [3.05, 3.63) is 70.5 Å². The highest BCUT2D eigenvalue weighted by Gasteiger charge is 2.17. The molecule has 7 nitrogen and oxygen atoms in total. The smallest absolute Gasteiger partial charge is 0.325 e. The SMILES string of the molecule is CCOC(=O)CNc1c(-c2cccc(OC(=O)Cc3cccs3)c2)nc2cc(C)ccn12. The van der Waals surface area contributed by atoms with Gasteiger partial charge in [-0.15, -0.1) is 11.3 Å². The molecule has 3 heterocycles. The summed E-state index contributed by atoms with van der Waals surface area (Å²) in [5.74, 6) is 0.427. The summed E-state index contributed by atoms with van der Waals surface area (Å²) in [6.45, 7) is 4.09. The van der Waals surface area contributed by atoms with E-state index in [1.54, 1.807) is 19.1 Å². The van der Waals surface area contributed by atoms with E-state index in [0.717, 1.165) is 21.7 Å². The first kappa shape index (κ1) is 21.6. The fourth-order valence-corrected chi connectivity index (χ4v) is 4.00. The maximum Gasteiger partial charge on any atom is 0.325 e. The molecule has 0 spiro atoms. The van der Waals surface area contributed by atoms with Crippen LogP contribution in [0.3, 0.4) is 0 Å². The number of nitrogens with zero attached hydrogens (tertiary/aromatic N) is 2. The molecule has 0 aliphatic heterocycles. The van der Waals surface area contributed by atoms with Crippen LogP contribution in [-0.4, -0.2) is 34.5 Å².